The Morgan fingerprint density at radius 2 is 1.59 bits per heavy atom. The molecular formula is C13H30N2O2. The second-order valence-corrected chi connectivity index (χ2v) is 4.65. The van der Waals surface area contributed by atoms with Crippen LogP contribution in [0.2, 0.25) is 0 Å². The van der Waals surface area contributed by atoms with Gasteiger partial charge in [0.05, 0.1) is 13.2 Å². The minimum atomic E-state index is 0.742. The van der Waals surface area contributed by atoms with Crippen LogP contribution in [0.4, 0.5) is 0 Å². The van der Waals surface area contributed by atoms with E-state index in [1.807, 2.05) is 0 Å². The smallest absolute Gasteiger partial charge is 0.0589 e. The molecule has 0 heterocycles. The van der Waals surface area contributed by atoms with Crippen molar-refractivity contribution in [1.29, 1.82) is 0 Å². The van der Waals surface area contributed by atoms with Crippen molar-refractivity contribution in [2.75, 3.05) is 53.6 Å². The van der Waals surface area contributed by atoms with Crippen molar-refractivity contribution in [3.05, 3.63) is 0 Å². The van der Waals surface area contributed by atoms with E-state index in [1.165, 1.54) is 12.8 Å². The van der Waals surface area contributed by atoms with Crippen molar-refractivity contribution < 1.29 is 9.47 Å². The molecular weight excluding hydrogens is 216 g/mol. The zero-order chi connectivity index (χ0) is 12.9. The van der Waals surface area contributed by atoms with Crippen molar-refractivity contribution in [2.24, 2.45) is 11.7 Å². The van der Waals surface area contributed by atoms with Crippen LogP contribution in [-0.4, -0.2) is 58.5 Å². The first kappa shape index (κ1) is 16.8. The lowest BCUT2D eigenvalue weighted by molar-refractivity contribution is 0.112. The van der Waals surface area contributed by atoms with Gasteiger partial charge in [-0.05, 0) is 38.3 Å². The molecule has 104 valence electrons. The molecule has 0 aromatic carbocycles. The molecule has 0 fully saturated rings. The van der Waals surface area contributed by atoms with Gasteiger partial charge in [0.15, 0.2) is 0 Å². The van der Waals surface area contributed by atoms with Gasteiger partial charge in [0.2, 0.25) is 0 Å². The molecule has 0 aliphatic heterocycles. The van der Waals surface area contributed by atoms with Crippen molar-refractivity contribution >= 4 is 0 Å². The third kappa shape index (κ3) is 10.7. The normalized spacial score (nSPS) is 13.2. The van der Waals surface area contributed by atoms with Gasteiger partial charge in [0.25, 0.3) is 0 Å². The van der Waals surface area contributed by atoms with Gasteiger partial charge in [-0.2, -0.15) is 0 Å². The third-order valence-corrected chi connectivity index (χ3v) is 3.05. The summed E-state index contributed by atoms with van der Waals surface area (Å²) in [5, 5.41) is 0. The van der Waals surface area contributed by atoms with Crippen LogP contribution in [0.15, 0.2) is 0 Å². The highest BCUT2D eigenvalue weighted by Crippen LogP contribution is 2.09. The molecule has 0 spiro atoms. The predicted octanol–water partition coefficient (Wildman–Crippen LogP) is 1.35. The fourth-order valence-corrected chi connectivity index (χ4v) is 1.87. The number of nitrogens with zero attached hydrogens (tertiary/aromatic N) is 1. The van der Waals surface area contributed by atoms with E-state index in [0.29, 0.717) is 0 Å². The fourth-order valence-electron chi connectivity index (χ4n) is 1.87. The highest BCUT2D eigenvalue weighted by atomic mass is 16.5. The Bertz CT molecular complexity index is 148. The molecule has 0 aromatic rings. The van der Waals surface area contributed by atoms with E-state index in [0.717, 1.165) is 51.7 Å². The van der Waals surface area contributed by atoms with E-state index in [2.05, 4.69) is 11.8 Å². The van der Waals surface area contributed by atoms with Gasteiger partial charge in [-0.1, -0.05) is 6.92 Å². The summed E-state index contributed by atoms with van der Waals surface area (Å²) in [7, 11) is 3.50. The Labute approximate surface area is 106 Å². The molecule has 17 heavy (non-hydrogen) atoms. The van der Waals surface area contributed by atoms with Crippen LogP contribution < -0.4 is 5.73 Å². The Kier molecular flexibility index (Phi) is 12.2. The van der Waals surface area contributed by atoms with E-state index < -0.39 is 0 Å². The predicted molar refractivity (Wildman–Crippen MR) is 72.3 cm³/mol. The number of hydrogen-bond donors (Lipinski definition) is 1. The SMILES string of the molecule is COCCN(CCCC(C)CCN)CCOC. The van der Waals surface area contributed by atoms with Gasteiger partial charge in [-0.25, -0.2) is 0 Å². The van der Waals surface area contributed by atoms with Crippen molar-refractivity contribution in [1.82, 2.24) is 4.90 Å². The van der Waals surface area contributed by atoms with Crippen LogP contribution in [0.25, 0.3) is 0 Å². The minimum absolute atomic E-state index is 0.742. The van der Waals surface area contributed by atoms with Crippen LogP contribution >= 0.6 is 0 Å². The molecule has 0 saturated carbocycles. The quantitative estimate of drug-likeness (QED) is 0.564. The minimum Gasteiger partial charge on any atom is -0.383 e. The van der Waals surface area contributed by atoms with Gasteiger partial charge in [-0.15, -0.1) is 0 Å². The lowest BCUT2D eigenvalue weighted by Gasteiger charge is -2.22. The molecule has 0 rings (SSSR count). The summed E-state index contributed by atoms with van der Waals surface area (Å²) in [5.41, 5.74) is 5.55. The molecule has 0 aliphatic rings. The van der Waals surface area contributed by atoms with Gasteiger partial charge >= 0.3 is 0 Å². The summed E-state index contributed by atoms with van der Waals surface area (Å²) in [6.07, 6.45) is 3.62. The van der Waals surface area contributed by atoms with Gasteiger partial charge in [0, 0.05) is 27.3 Å². The molecule has 0 aromatic heterocycles. The van der Waals surface area contributed by atoms with E-state index in [1.54, 1.807) is 14.2 Å². The molecule has 4 nitrogen and oxygen atoms in total. The van der Waals surface area contributed by atoms with Crippen LogP contribution in [0.3, 0.4) is 0 Å². The van der Waals surface area contributed by atoms with Gasteiger partial charge < -0.3 is 15.2 Å². The largest absolute Gasteiger partial charge is 0.383 e. The summed E-state index contributed by atoms with van der Waals surface area (Å²) in [6, 6.07) is 0. The average molecular weight is 246 g/mol. The van der Waals surface area contributed by atoms with Crippen LogP contribution in [0.5, 0.6) is 0 Å². The molecule has 1 unspecified atom stereocenters. The van der Waals surface area contributed by atoms with Crippen LogP contribution in [-0.2, 0) is 9.47 Å². The third-order valence-electron chi connectivity index (χ3n) is 3.05. The average Bonchev–Trinajstić information content (AvgIpc) is 2.32. The summed E-state index contributed by atoms with van der Waals surface area (Å²) in [4.78, 5) is 2.40. The summed E-state index contributed by atoms with van der Waals surface area (Å²) in [6.45, 7) is 7.78. The van der Waals surface area contributed by atoms with Gasteiger partial charge in [0.1, 0.15) is 0 Å². The first-order chi connectivity index (χ1) is 8.24. The first-order valence-corrected chi connectivity index (χ1v) is 6.64. The number of ether oxygens (including phenoxy) is 2. The topological polar surface area (TPSA) is 47.7 Å². The van der Waals surface area contributed by atoms with E-state index in [4.69, 9.17) is 15.2 Å². The van der Waals surface area contributed by atoms with E-state index in [-0.39, 0.29) is 0 Å². The second kappa shape index (κ2) is 12.3. The van der Waals surface area contributed by atoms with E-state index in [9.17, 15) is 0 Å². The molecule has 2 N–H and O–H groups in total. The zero-order valence-corrected chi connectivity index (χ0v) is 11.8. The second-order valence-electron chi connectivity index (χ2n) is 4.65. The van der Waals surface area contributed by atoms with Crippen LogP contribution in [0, 0.1) is 5.92 Å². The highest BCUT2D eigenvalue weighted by molar-refractivity contribution is 4.60. The standard InChI is InChI=1S/C13H30N2O2/c1-13(6-7-14)5-4-8-15(9-11-16-2)10-12-17-3/h13H,4-12,14H2,1-3H3. The lowest BCUT2D eigenvalue weighted by Crippen LogP contribution is -2.31. The molecule has 1 atom stereocenters. The Morgan fingerprint density at radius 1 is 1.00 bits per heavy atom. The monoisotopic (exact) mass is 246 g/mol. The number of rotatable bonds is 12. The molecule has 0 aliphatic carbocycles. The maximum Gasteiger partial charge on any atom is 0.0589 e. The molecule has 0 saturated heterocycles. The summed E-state index contributed by atoms with van der Waals surface area (Å²) < 4.78 is 10.2. The zero-order valence-electron chi connectivity index (χ0n) is 11.8. The summed E-state index contributed by atoms with van der Waals surface area (Å²) in [5.74, 6) is 0.742. The van der Waals surface area contributed by atoms with E-state index >= 15 is 0 Å². The molecule has 4 heteroatoms. The van der Waals surface area contributed by atoms with Crippen molar-refractivity contribution in [3.63, 3.8) is 0 Å². The van der Waals surface area contributed by atoms with Crippen molar-refractivity contribution in [3.8, 4) is 0 Å². The first-order valence-electron chi connectivity index (χ1n) is 6.64. The Hall–Kier alpha value is -0.160. The maximum atomic E-state index is 5.55. The Balaban J connectivity index is 3.65. The molecule has 0 amide bonds. The molecule has 0 bridgehead atoms. The molecule has 0 radical (unpaired) electrons. The van der Waals surface area contributed by atoms with Gasteiger partial charge in [-0.3, -0.25) is 4.90 Å². The summed E-state index contributed by atoms with van der Waals surface area (Å²) >= 11 is 0. The fraction of sp³-hybridized carbons (Fsp3) is 1.00. The lowest BCUT2D eigenvalue weighted by atomic mass is 10.0. The number of nitrogens with two attached hydrogens (primary N) is 1. The van der Waals surface area contributed by atoms with Crippen molar-refractivity contribution in [2.45, 2.75) is 26.2 Å². The maximum absolute atomic E-state index is 5.55. The highest BCUT2D eigenvalue weighted by Gasteiger charge is 2.06. The number of hydrogen-bond acceptors (Lipinski definition) is 4. The Morgan fingerprint density at radius 3 is 2.06 bits per heavy atom. The number of methoxy groups -OCH3 is 2. The van der Waals surface area contributed by atoms with Crippen LogP contribution in [0.1, 0.15) is 26.2 Å².